The summed E-state index contributed by atoms with van der Waals surface area (Å²) in [7, 11) is 0. The Morgan fingerprint density at radius 1 is 1.06 bits per heavy atom. The van der Waals surface area contributed by atoms with Crippen LogP contribution in [0.25, 0.3) is 16.9 Å². The fourth-order valence-electron chi connectivity index (χ4n) is 3.55. The average Bonchev–Trinajstić information content (AvgIpc) is 3.17. The lowest BCUT2D eigenvalue weighted by Crippen LogP contribution is -2.19. The van der Waals surface area contributed by atoms with E-state index in [0.29, 0.717) is 17.2 Å². The summed E-state index contributed by atoms with van der Waals surface area (Å²) in [6, 6.07) is 16.6. The van der Waals surface area contributed by atoms with Gasteiger partial charge in [0.2, 0.25) is 0 Å². The predicted octanol–water partition coefficient (Wildman–Crippen LogP) is 4.74. The van der Waals surface area contributed by atoms with Gasteiger partial charge in [0.25, 0.3) is 5.91 Å². The van der Waals surface area contributed by atoms with Crippen LogP contribution < -0.4 is 16.8 Å². The minimum Gasteiger partial charge on any atom is -0.405 e. The van der Waals surface area contributed by atoms with Crippen molar-refractivity contribution in [2.45, 2.75) is 12.2 Å². The van der Waals surface area contributed by atoms with Crippen molar-refractivity contribution in [1.29, 1.82) is 0 Å². The zero-order chi connectivity index (χ0) is 23.6. The molecule has 33 heavy (non-hydrogen) atoms. The lowest BCUT2D eigenvalue weighted by molar-refractivity contribution is -0.138. The number of carbonyl (C=O) groups is 1. The molecule has 2 aromatic heterocycles. The van der Waals surface area contributed by atoms with E-state index in [9.17, 15) is 18.0 Å². The topological polar surface area (TPSA) is 98.4 Å². The highest BCUT2D eigenvalue weighted by molar-refractivity contribution is 6.06. The van der Waals surface area contributed by atoms with Gasteiger partial charge in [-0.3, -0.25) is 9.20 Å². The van der Waals surface area contributed by atoms with Crippen LogP contribution in [-0.4, -0.2) is 15.3 Å². The van der Waals surface area contributed by atoms with Crippen molar-refractivity contribution in [3.05, 3.63) is 102 Å². The van der Waals surface area contributed by atoms with Crippen molar-refractivity contribution in [2.24, 2.45) is 11.5 Å². The van der Waals surface area contributed by atoms with E-state index >= 15 is 0 Å². The largest absolute Gasteiger partial charge is 0.416 e. The number of fused-ring (bicyclic) bond motifs is 1. The molecule has 0 bridgehead atoms. The van der Waals surface area contributed by atoms with Crippen molar-refractivity contribution < 1.29 is 18.0 Å². The number of halogens is 3. The molecular formula is C24H20F3N5O. The third kappa shape index (κ3) is 4.44. The van der Waals surface area contributed by atoms with E-state index in [2.05, 4.69) is 10.3 Å². The quantitative estimate of drug-likeness (QED) is 0.408. The van der Waals surface area contributed by atoms with Gasteiger partial charge in [-0.05, 0) is 48.2 Å². The number of amides is 1. The van der Waals surface area contributed by atoms with Crippen LogP contribution >= 0.6 is 0 Å². The highest BCUT2D eigenvalue weighted by Gasteiger charge is 2.34. The van der Waals surface area contributed by atoms with Gasteiger partial charge in [0.1, 0.15) is 17.2 Å². The zero-order valence-electron chi connectivity index (χ0n) is 17.3. The maximum Gasteiger partial charge on any atom is 0.416 e. The number of nitrogens with zero attached hydrogens (tertiary/aromatic N) is 2. The van der Waals surface area contributed by atoms with Gasteiger partial charge in [-0.2, -0.15) is 13.2 Å². The van der Waals surface area contributed by atoms with Crippen LogP contribution in [0.1, 0.15) is 27.5 Å². The smallest absolute Gasteiger partial charge is 0.405 e. The molecule has 6 nitrogen and oxygen atoms in total. The van der Waals surface area contributed by atoms with Gasteiger partial charge in [0.15, 0.2) is 0 Å². The molecule has 0 aliphatic carbocycles. The number of alkyl halides is 3. The maximum atomic E-state index is 13.5. The molecule has 0 radical (unpaired) electrons. The minimum absolute atomic E-state index is 0.0174. The van der Waals surface area contributed by atoms with Gasteiger partial charge in [-0.1, -0.05) is 36.4 Å². The Morgan fingerprint density at radius 3 is 2.48 bits per heavy atom. The Balaban J connectivity index is 1.77. The predicted molar refractivity (Wildman–Crippen MR) is 120 cm³/mol. The summed E-state index contributed by atoms with van der Waals surface area (Å²) in [6.07, 6.45) is -0.594. The van der Waals surface area contributed by atoms with Gasteiger partial charge in [0, 0.05) is 17.3 Å². The number of carbonyl (C=O) groups excluding carboxylic acids is 1. The van der Waals surface area contributed by atoms with E-state index in [-0.39, 0.29) is 11.1 Å². The number of nitrogens with one attached hydrogen (secondary N) is 1. The summed E-state index contributed by atoms with van der Waals surface area (Å²) in [5.74, 6) is -0.203. The molecule has 0 fully saturated rings. The molecule has 0 saturated carbocycles. The number of hydrogen-bond acceptors (Lipinski definition) is 4. The first-order valence-corrected chi connectivity index (χ1v) is 9.98. The lowest BCUT2D eigenvalue weighted by atomic mass is 9.97. The highest BCUT2D eigenvalue weighted by Crippen LogP contribution is 2.35. The number of rotatable bonds is 5. The first kappa shape index (κ1) is 22.1. The second-order valence-corrected chi connectivity index (χ2v) is 7.27. The lowest BCUT2D eigenvalue weighted by Gasteiger charge is -2.17. The number of imidazole rings is 1. The van der Waals surface area contributed by atoms with E-state index < -0.39 is 23.7 Å². The van der Waals surface area contributed by atoms with Crippen LogP contribution in [0, 0.1) is 0 Å². The fraction of sp³-hybridized carbons (Fsp3) is 0.0833. The van der Waals surface area contributed by atoms with Crippen LogP contribution in [0.3, 0.4) is 0 Å². The Morgan fingerprint density at radius 2 is 1.79 bits per heavy atom. The summed E-state index contributed by atoms with van der Waals surface area (Å²) in [5.41, 5.74) is 11.9. The van der Waals surface area contributed by atoms with Gasteiger partial charge in [-0.15, -0.1) is 0 Å². The average molecular weight is 451 g/mol. The number of aromatic nitrogens is 2. The molecular weight excluding hydrogens is 431 g/mol. The molecule has 4 aromatic rings. The third-order valence-electron chi connectivity index (χ3n) is 5.11. The monoisotopic (exact) mass is 451 g/mol. The normalized spacial score (nSPS) is 12.8. The standard InChI is InChI=1S/C24H20F3N5O/c25-24(26,27)18-10-9-16(14-17(18)19(29)11-12-28)23(33)31-22-21(15-6-2-1-3-7-15)30-20-8-4-5-13-32(20)22/h1-14,19H,28-29H2,(H,31,33)/b12-11-. The number of nitrogens with two attached hydrogens (primary N) is 2. The van der Waals surface area contributed by atoms with Crippen molar-refractivity contribution in [3.63, 3.8) is 0 Å². The summed E-state index contributed by atoms with van der Waals surface area (Å²) in [4.78, 5) is 17.7. The maximum absolute atomic E-state index is 13.5. The van der Waals surface area contributed by atoms with Crippen molar-refractivity contribution in [1.82, 2.24) is 9.38 Å². The van der Waals surface area contributed by atoms with Gasteiger partial charge in [0.05, 0.1) is 11.6 Å². The van der Waals surface area contributed by atoms with Crippen LogP contribution in [0.15, 0.2) is 85.2 Å². The summed E-state index contributed by atoms with van der Waals surface area (Å²) in [6.45, 7) is 0. The van der Waals surface area contributed by atoms with Crippen LogP contribution in [0.4, 0.5) is 19.0 Å². The molecule has 1 atom stereocenters. The number of pyridine rings is 1. The minimum atomic E-state index is -4.63. The van der Waals surface area contributed by atoms with Crippen molar-refractivity contribution >= 4 is 17.4 Å². The highest BCUT2D eigenvalue weighted by atomic mass is 19.4. The van der Waals surface area contributed by atoms with Crippen molar-refractivity contribution in [3.8, 4) is 11.3 Å². The van der Waals surface area contributed by atoms with E-state index in [4.69, 9.17) is 11.5 Å². The van der Waals surface area contributed by atoms with Crippen LogP contribution in [0.5, 0.6) is 0 Å². The molecule has 1 unspecified atom stereocenters. The van der Waals surface area contributed by atoms with E-state index in [1.807, 2.05) is 36.4 Å². The van der Waals surface area contributed by atoms with E-state index in [1.165, 1.54) is 6.08 Å². The Bertz CT molecular complexity index is 1330. The fourth-order valence-corrected chi connectivity index (χ4v) is 3.55. The Kier molecular flexibility index (Phi) is 5.89. The first-order valence-electron chi connectivity index (χ1n) is 9.98. The molecule has 5 N–H and O–H groups in total. The second-order valence-electron chi connectivity index (χ2n) is 7.27. The summed E-state index contributed by atoms with van der Waals surface area (Å²) >= 11 is 0. The second kappa shape index (κ2) is 8.79. The number of benzene rings is 2. The molecule has 9 heteroatoms. The van der Waals surface area contributed by atoms with E-state index in [1.54, 1.807) is 22.7 Å². The summed E-state index contributed by atoms with van der Waals surface area (Å²) < 4.78 is 42.1. The van der Waals surface area contributed by atoms with Crippen LogP contribution in [0.2, 0.25) is 0 Å². The molecule has 1 amide bonds. The summed E-state index contributed by atoms with van der Waals surface area (Å²) in [5, 5.41) is 2.80. The molecule has 0 aliphatic heterocycles. The number of anilines is 1. The van der Waals surface area contributed by atoms with Gasteiger partial charge >= 0.3 is 6.18 Å². The molecule has 168 valence electrons. The zero-order valence-corrected chi connectivity index (χ0v) is 17.3. The molecule has 2 heterocycles. The Hall–Kier alpha value is -4.11. The molecule has 0 spiro atoms. The molecule has 0 aliphatic rings. The van der Waals surface area contributed by atoms with Crippen molar-refractivity contribution in [2.75, 3.05) is 5.32 Å². The number of hydrogen-bond donors (Lipinski definition) is 3. The molecule has 4 rings (SSSR count). The molecule has 0 saturated heterocycles. The Labute approximate surface area is 187 Å². The van der Waals surface area contributed by atoms with Crippen LogP contribution in [-0.2, 0) is 6.18 Å². The third-order valence-corrected chi connectivity index (χ3v) is 5.11. The molecule has 2 aromatic carbocycles. The van der Waals surface area contributed by atoms with E-state index in [0.717, 1.165) is 30.0 Å². The van der Waals surface area contributed by atoms with Gasteiger partial charge in [-0.25, -0.2) is 4.98 Å². The first-order chi connectivity index (χ1) is 15.8. The SMILES string of the molecule is N/C=C\C(N)c1cc(C(=O)Nc2c(-c3ccccc3)nc3ccccn23)ccc1C(F)(F)F. The van der Waals surface area contributed by atoms with Gasteiger partial charge < -0.3 is 16.8 Å².